The summed E-state index contributed by atoms with van der Waals surface area (Å²) in [5.74, 6) is 0.942. The quantitative estimate of drug-likeness (QED) is 0.822. The molecule has 17 heavy (non-hydrogen) atoms. The summed E-state index contributed by atoms with van der Waals surface area (Å²) in [4.78, 5) is 3.17. The van der Waals surface area contributed by atoms with Crippen LogP contribution in [0.3, 0.4) is 0 Å². The van der Waals surface area contributed by atoms with Gasteiger partial charge in [0.15, 0.2) is 3.95 Å². The summed E-state index contributed by atoms with van der Waals surface area (Å²) in [5.41, 5.74) is 3.35. The van der Waals surface area contributed by atoms with Crippen LogP contribution < -0.4 is 4.74 Å². The summed E-state index contributed by atoms with van der Waals surface area (Å²) in [5, 5.41) is 2.04. The standard InChI is InChI=1S/C13H15NOS2/c1-8(2)15-12-5-4-10(6-9(12)3)11-7-17-13(16)14-11/h4-8H,1-3H3,(H,14,16). The van der Waals surface area contributed by atoms with Crippen molar-refractivity contribution in [2.45, 2.75) is 26.9 Å². The van der Waals surface area contributed by atoms with E-state index in [1.54, 1.807) is 11.3 Å². The number of nitrogens with one attached hydrogen (secondary N) is 1. The van der Waals surface area contributed by atoms with Gasteiger partial charge in [0.2, 0.25) is 0 Å². The fourth-order valence-corrected chi connectivity index (χ4v) is 2.47. The second-order valence-electron chi connectivity index (χ2n) is 4.21. The molecule has 0 aliphatic rings. The third-order valence-corrected chi connectivity index (χ3v) is 3.43. The lowest BCUT2D eigenvalue weighted by Crippen LogP contribution is -2.06. The number of H-pyrrole nitrogens is 1. The van der Waals surface area contributed by atoms with Gasteiger partial charge in [-0.15, -0.1) is 11.3 Å². The second-order valence-corrected chi connectivity index (χ2v) is 5.76. The lowest BCUT2D eigenvalue weighted by molar-refractivity contribution is 0.241. The molecule has 4 heteroatoms. The molecule has 0 fully saturated rings. The molecule has 2 aromatic rings. The topological polar surface area (TPSA) is 25.0 Å². The first-order valence-corrected chi connectivity index (χ1v) is 6.80. The van der Waals surface area contributed by atoms with Crippen molar-refractivity contribution < 1.29 is 4.74 Å². The van der Waals surface area contributed by atoms with Crippen LogP contribution >= 0.6 is 23.6 Å². The molecule has 0 unspecified atom stereocenters. The fourth-order valence-electron chi connectivity index (χ4n) is 1.62. The first-order chi connectivity index (χ1) is 8.06. The Morgan fingerprint density at radius 2 is 2.12 bits per heavy atom. The van der Waals surface area contributed by atoms with E-state index in [9.17, 15) is 0 Å². The monoisotopic (exact) mass is 265 g/mol. The Labute approximate surface area is 110 Å². The molecule has 1 N–H and O–H groups in total. The number of rotatable bonds is 3. The Morgan fingerprint density at radius 3 is 2.65 bits per heavy atom. The molecule has 90 valence electrons. The third-order valence-electron chi connectivity index (χ3n) is 2.37. The van der Waals surface area contributed by atoms with Gasteiger partial charge in [-0.05, 0) is 62.3 Å². The van der Waals surface area contributed by atoms with Gasteiger partial charge in [0.05, 0.1) is 11.8 Å². The average Bonchev–Trinajstić information content (AvgIpc) is 2.67. The minimum atomic E-state index is 0.200. The number of hydrogen-bond donors (Lipinski definition) is 1. The predicted octanol–water partition coefficient (Wildman–Crippen LogP) is 4.57. The van der Waals surface area contributed by atoms with Crippen LogP contribution in [0, 0.1) is 10.9 Å². The molecule has 1 aromatic carbocycles. The molecule has 0 atom stereocenters. The molecule has 1 aromatic heterocycles. The van der Waals surface area contributed by atoms with Crippen molar-refractivity contribution in [2.75, 3.05) is 0 Å². The van der Waals surface area contributed by atoms with Crippen LogP contribution in [0.1, 0.15) is 19.4 Å². The normalized spacial score (nSPS) is 10.8. The highest BCUT2D eigenvalue weighted by atomic mass is 32.1. The van der Waals surface area contributed by atoms with Gasteiger partial charge in [0, 0.05) is 5.38 Å². The van der Waals surface area contributed by atoms with Crippen molar-refractivity contribution in [1.82, 2.24) is 4.98 Å². The van der Waals surface area contributed by atoms with Crippen LogP contribution in [-0.2, 0) is 0 Å². The van der Waals surface area contributed by atoms with Crippen LogP contribution in [0.25, 0.3) is 11.3 Å². The summed E-state index contributed by atoms with van der Waals surface area (Å²) in [7, 11) is 0. The maximum Gasteiger partial charge on any atom is 0.158 e. The Kier molecular flexibility index (Phi) is 3.64. The average molecular weight is 265 g/mol. The van der Waals surface area contributed by atoms with E-state index in [0.717, 1.165) is 26.5 Å². The van der Waals surface area contributed by atoms with E-state index in [1.807, 2.05) is 25.3 Å². The Hall–Kier alpha value is -1.13. The van der Waals surface area contributed by atoms with Gasteiger partial charge in [-0.1, -0.05) is 0 Å². The van der Waals surface area contributed by atoms with E-state index < -0.39 is 0 Å². The van der Waals surface area contributed by atoms with Crippen molar-refractivity contribution in [1.29, 1.82) is 0 Å². The number of aromatic nitrogens is 1. The molecule has 1 heterocycles. The zero-order valence-corrected chi connectivity index (χ0v) is 11.7. The fraction of sp³-hybridized carbons (Fsp3) is 0.308. The first kappa shape index (κ1) is 12.3. The van der Waals surface area contributed by atoms with E-state index in [1.165, 1.54) is 0 Å². The number of thiazole rings is 1. The zero-order chi connectivity index (χ0) is 12.4. The highest BCUT2D eigenvalue weighted by Gasteiger charge is 2.05. The maximum absolute atomic E-state index is 5.71. The van der Waals surface area contributed by atoms with E-state index in [2.05, 4.69) is 24.0 Å². The summed E-state index contributed by atoms with van der Waals surface area (Å²) >= 11 is 6.63. The third kappa shape index (κ3) is 2.96. The number of benzene rings is 1. The molecular formula is C13H15NOS2. The molecule has 0 bridgehead atoms. The van der Waals surface area contributed by atoms with Gasteiger partial charge in [-0.25, -0.2) is 0 Å². The lowest BCUT2D eigenvalue weighted by Gasteiger charge is -2.12. The van der Waals surface area contributed by atoms with Crippen LogP contribution in [0.4, 0.5) is 0 Å². The second kappa shape index (κ2) is 5.02. The molecular weight excluding hydrogens is 250 g/mol. The van der Waals surface area contributed by atoms with Crippen molar-refractivity contribution in [3.8, 4) is 17.0 Å². The number of aromatic amines is 1. The Morgan fingerprint density at radius 1 is 1.35 bits per heavy atom. The summed E-state index contributed by atoms with van der Waals surface area (Å²) in [6.45, 7) is 6.12. The molecule has 2 rings (SSSR count). The van der Waals surface area contributed by atoms with Gasteiger partial charge in [0.1, 0.15) is 5.75 Å². The largest absolute Gasteiger partial charge is 0.491 e. The summed E-state index contributed by atoms with van der Waals surface area (Å²) in [6.07, 6.45) is 0.200. The first-order valence-electron chi connectivity index (χ1n) is 5.52. The summed E-state index contributed by atoms with van der Waals surface area (Å²) in [6, 6.07) is 6.18. The molecule has 0 aliphatic carbocycles. The zero-order valence-electron chi connectivity index (χ0n) is 10.1. The molecule has 0 amide bonds. The molecule has 0 spiro atoms. The van der Waals surface area contributed by atoms with Gasteiger partial charge in [-0.3, -0.25) is 0 Å². The van der Waals surface area contributed by atoms with E-state index in [-0.39, 0.29) is 6.10 Å². The van der Waals surface area contributed by atoms with Gasteiger partial charge in [-0.2, -0.15) is 0 Å². The summed E-state index contributed by atoms with van der Waals surface area (Å²) < 4.78 is 6.52. The Bertz CT molecular complexity index is 569. The van der Waals surface area contributed by atoms with E-state index >= 15 is 0 Å². The van der Waals surface area contributed by atoms with Crippen LogP contribution in [0.5, 0.6) is 5.75 Å². The van der Waals surface area contributed by atoms with Crippen molar-refractivity contribution in [2.24, 2.45) is 0 Å². The maximum atomic E-state index is 5.71. The number of aryl methyl sites for hydroxylation is 1. The van der Waals surface area contributed by atoms with Crippen LogP contribution in [0.15, 0.2) is 23.6 Å². The van der Waals surface area contributed by atoms with Crippen LogP contribution in [-0.4, -0.2) is 11.1 Å². The SMILES string of the molecule is Cc1cc(-c2csc(=S)[nH]2)ccc1OC(C)C. The highest BCUT2D eigenvalue weighted by Crippen LogP contribution is 2.26. The van der Waals surface area contributed by atoms with Crippen molar-refractivity contribution in [3.63, 3.8) is 0 Å². The molecule has 0 aliphatic heterocycles. The molecule has 0 saturated heterocycles. The molecule has 2 nitrogen and oxygen atoms in total. The highest BCUT2D eigenvalue weighted by molar-refractivity contribution is 7.73. The van der Waals surface area contributed by atoms with Crippen molar-refractivity contribution >= 4 is 23.6 Å². The molecule has 0 radical (unpaired) electrons. The Balaban J connectivity index is 2.33. The van der Waals surface area contributed by atoms with Crippen molar-refractivity contribution in [3.05, 3.63) is 33.1 Å². The van der Waals surface area contributed by atoms with Crippen LogP contribution in [0.2, 0.25) is 0 Å². The lowest BCUT2D eigenvalue weighted by atomic mass is 10.1. The molecule has 0 saturated carbocycles. The minimum absolute atomic E-state index is 0.200. The minimum Gasteiger partial charge on any atom is -0.491 e. The predicted molar refractivity (Wildman–Crippen MR) is 75.4 cm³/mol. The van der Waals surface area contributed by atoms with Gasteiger partial charge >= 0.3 is 0 Å². The van der Waals surface area contributed by atoms with E-state index in [4.69, 9.17) is 17.0 Å². The van der Waals surface area contributed by atoms with Gasteiger partial charge in [0.25, 0.3) is 0 Å². The smallest absolute Gasteiger partial charge is 0.158 e. The van der Waals surface area contributed by atoms with Gasteiger partial charge < -0.3 is 9.72 Å². The number of hydrogen-bond acceptors (Lipinski definition) is 3. The number of ether oxygens (including phenoxy) is 1. The van der Waals surface area contributed by atoms with E-state index in [0.29, 0.717) is 0 Å².